The van der Waals surface area contributed by atoms with Gasteiger partial charge in [0, 0.05) is 39.5 Å². The minimum Gasteiger partial charge on any atom is -0.346 e. The highest BCUT2D eigenvalue weighted by atomic mass is 35.5. The molecule has 0 bridgehead atoms. The number of amides is 1. The van der Waals surface area contributed by atoms with Crippen LogP contribution in [0.15, 0.2) is 42.5 Å². The molecule has 5 aromatic rings. The van der Waals surface area contributed by atoms with E-state index < -0.39 is 80.6 Å². The van der Waals surface area contributed by atoms with Crippen molar-refractivity contribution in [2.24, 2.45) is 10.8 Å². The van der Waals surface area contributed by atoms with E-state index in [1.165, 1.54) is 23.5 Å². The van der Waals surface area contributed by atoms with Crippen LogP contribution >= 0.6 is 11.6 Å². The fraction of sp³-hybridized carbons (Fsp3) is 0.378. The molecule has 56 heavy (non-hydrogen) atoms. The summed E-state index contributed by atoms with van der Waals surface area (Å²) in [7, 11) is -3.84. The van der Waals surface area contributed by atoms with Crippen molar-refractivity contribution in [3.05, 3.63) is 93.2 Å². The average Bonchev–Trinajstić information content (AvgIpc) is 3.33. The Balaban J connectivity index is 1.37. The van der Waals surface area contributed by atoms with E-state index in [4.69, 9.17) is 16.6 Å². The van der Waals surface area contributed by atoms with E-state index in [9.17, 15) is 30.8 Å². The molecule has 1 fully saturated rings. The van der Waals surface area contributed by atoms with E-state index in [1.54, 1.807) is 12.1 Å². The number of anilines is 1. The maximum Gasteiger partial charge on any atom is 0.295 e. The Morgan fingerprint density at radius 2 is 1.73 bits per heavy atom. The molecule has 7 rings (SSSR count). The molecular weight excluding hydrogens is 786 g/mol. The SMILES string of the molecule is CC(C)(C)C#Cc1ccc(-c2ccc(Cl)n3c(NS(C)(=O)=O)nnc23)c([C@H](Cc2cc(F)cc(F)c2)NC(=O)Cn2nc(C(F)F)c3c2C(F)(F)[C@]2(C)C[C@H]32)n1. The van der Waals surface area contributed by atoms with Crippen LogP contribution in [0.25, 0.3) is 16.8 Å². The molecule has 2 aliphatic rings. The minimum absolute atomic E-state index is 0.00437. The number of rotatable bonds is 10. The number of nitrogens with one attached hydrogen (secondary N) is 2. The van der Waals surface area contributed by atoms with Gasteiger partial charge in [-0.05, 0) is 81.5 Å². The number of benzene rings is 1. The van der Waals surface area contributed by atoms with Gasteiger partial charge in [0.2, 0.25) is 21.9 Å². The number of pyridine rings is 2. The second-order valence-electron chi connectivity index (χ2n) is 15.2. The van der Waals surface area contributed by atoms with Gasteiger partial charge in [0.1, 0.15) is 40.4 Å². The van der Waals surface area contributed by atoms with Crippen molar-refractivity contribution in [2.75, 3.05) is 11.0 Å². The first-order valence-electron chi connectivity index (χ1n) is 17.1. The number of carbonyl (C=O) groups excluding carboxylic acids is 1. The summed E-state index contributed by atoms with van der Waals surface area (Å²) in [5.41, 5.74) is -2.97. The highest BCUT2D eigenvalue weighted by Gasteiger charge is 2.75. The second kappa shape index (κ2) is 13.5. The Hall–Kier alpha value is -5.15. The lowest BCUT2D eigenvalue weighted by atomic mass is 9.94. The molecule has 1 amide bonds. The third-order valence-corrected chi connectivity index (χ3v) is 10.6. The topological polar surface area (TPSA) is 136 Å². The lowest BCUT2D eigenvalue weighted by Gasteiger charge is -2.24. The first-order chi connectivity index (χ1) is 26.1. The molecule has 0 radical (unpaired) electrons. The number of halogens is 7. The fourth-order valence-electron chi connectivity index (χ4n) is 7.10. The molecule has 19 heteroatoms. The summed E-state index contributed by atoms with van der Waals surface area (Å²) in [5, 5.41) is 14.6. The number of sulfonamides is 1. The third kappa shape index (κ3) is 7.18. The fourth-order valence-corrected chi connectivity index (χ4v) is 7.79. The number of carbonyl (C=O) groups is 1. The Morgan fingerprint density at radius 3 is 2.38 bits per heavy atom. The van der Waals surface area contributed by atoms with Crippen molar-refractivity contribution in [1.82, 2.24) is 34.7 Å². The molecule has 2 N–H and O–H groups in total. The van der Waals surface area contributed by atoms with E-state index in [2.05, 4.69) is 37.2 Å². The van der Waals surface area contributed by atoms with Gasteiger partial charge in [0.25, 0.3) is 12.3 Å². The summed E-state index contributed by atoms with van der Waals surface area (Å²) in [6.07, 6.45) is -2.59. The highest BCUT2D eigenvalue weighted by molar-refractivity contribution is 7.92. The summed E-state index contributed by atoms with van der Waals surface area (Å²) < 4.78 is 117. The van der Waals surface area contributed by atoms with Crippen LogP contribution in [0.1, 0.15) is 86.4 Å². The lowest BCUT2D eigenvalue weighted by molar-refractivity contribution is -0.123. The number of hydrogen-bond donors (Lipinski definition) is 2. The predicted molar refractivity (Wildman–Crippen MR) is 194 cm³/mol. The first kappa shape index (κ1) is 39.1. The van der Waals surface area contributed by atoms with Gasteiger partial charge in [-0.1, -0.05) is 24.4 Å². The van der Waals surface area contributed by atoms with Crippen LogP contribution in [0.3, 0.4) is 0 Å². The van der Waals surface area contributed by atoms with E-state index in [-0.39, 0.29) is 63.2 Å². The number of fused-ring (bicyclic) bond motifs is 4. The van der Waals surface area contributed by atoms with E-state index in [1.807, 2.05) is 20.8 Å². The van der Waals surface area contributed by atoms with Crippen molar-refractivity contribution >= 4 is 39.1 Å². The molecule has 0 spiro atoms. The maximum atomic E-state index is 15.7. The van der Waals surface area contributed by atoms with Gasteiger partial charge < -0.3 is 5.32 Å². The second-order valence-corrected chi connectivity index (χ2v) is 17.3. The van der Waals surface area contributed by atoms with Crippen molar-refractivity contribution < 1.29 is 39.6 Å². The summed E-state index contributed by atoms with van der Waals surface area (Å²) in [4.78, 5) is 18.7. The van der Waals surface area contributed by atoms with Crippen LogP contribution in [-0.2, 0) is 33.7 Å². The standard InChI is InChI=1S/C37H33ClF6N8O3S/c1-35(2,3)11-10-21-6-7-22(23-8-9-26(38)52-33(23)47-48-34(52)50-56(5,54)55)29(45-21)25(14-18-12-19(39)15-20(40)13-18)46-27(53)17-51-31-28(30(49-51)32(41)42)24-16-36(24,4)37(31,43)44/h6-9,12-13,15,24-25,32H,14,16-17H2,1-5H3,(H,46,53)(H,48,50)/t24-,25+,36-/m1/s1. The summed E-state index contributed by atoms with van der Waals surface area (Å²) in [6.45, 7) is 6.00. The van der Waals surface area contributed by atoms with Crippen molar-refractivity contribution in [3.8, 4) is 23.0 Å². The molecule has 1 saturated carbocycles. The largest absolute Gasteiger partial charge is 0.346 e. The first-order valence-corrected chi connectivity index (χ1v) is 19.4. The molecule has 0 saturated heterocycles. The molecule has 2 aliphatic carbocycles. The van der Waals surface area contributed by atoms with Crippen LogP contribution in [0.5, 0.6) is 0 Å². The van der Waals surface area contributed by atoms with Crippen molar-refractivity contribution in [1.29, 1.82) is 0 Å². The quantitative estimate of drug-likeness (QED) is 0.0857. The number of hydrogen-bond acceptors (Lipinski definition) is 7. The molecule has 0 unspecified atom stereocenters. The molecule has 1 aromatic carbocycles. The van der Waals surface area contributed by atoms with Gasteiger partial charge in [0.05, 0.1) is 18.0 Å². The highest BCUT2D eigenvalue weighted by Crippen LogP contribution is 2.76. The Labute approximate surface area is 321 Å². The third-order valence-electron chi connectivity index (χ3n) is 9.71. The monoisotopic (exact) mass is 818 g/mol. The zero-order chi connectivity index (χ0) is 40.7. The van der Waals surface area contributed by atoms with E-state index in [0.717, 1.165) is 18.4 Å². The van der Waals surface area contributed by atoms with Crippen LogP contribution in [0.4, 0.5) is 32.3 Å². The Bertz CT molecular complexity index is 2590. The molecule has 0 aliphatic heterocycles. The lowest BCUT2D eigenvalue weighted by Crippen LogP contribution is -2.35. The van der Waals surface area contributed by atoms with Gasteiger partial charge in [-0.25, -0.2) is 35.4 Å². The maximum absolute atomic E-state index is 15.7. The van der Waals surface area contributed by atoms with Crippen LogP contribution in [0, 0.1) is 34.3 Å². The summed E-state index contributed by atoms with van der Waals surface area (Å²) >= 11 is 6.47. The molecule has 294 valence electrons. The van der Waals surface area contributed by atoms with Gasteiger partial charge in [-0.2, -0.15) is 13.9 Å². The predicted octanol–water partition coefficient (Wildman–Crippen LogP) is 7.33. The van der Waals surface area contributed by atoms with Gasteiger partial charge >= 0.3 is 0 Å². The molecule has 4 aromatic heterocycles. The van der Waals surface area contributed by atoms with Crippen LogP contribution in [0.2, 0.25) is 5.15 Å². The van der Waals surface area contributed by atoms with Crippen molar-refractivity contribution in [2.45, 2.75) is 71.4 Å². The van der Waals surface area contributed by atoms with E-state index >= 15 is 8.78 Å². The molecule has 3 atom stereocenters. The van der Waals surface area contributed by atoms with Crippen LogP contribution in [-0.4, -0.2) is 49.9 Å². The smallest absolute Gasteiger partial charge is 0.295 e. The number of alkyl halides is 4. The normalized spacial score (nSPS) is 19.0. The van der Waals surface area contributed by atoms with E-state index in [0.29, 0.717) is 10.7 Å². The number of nitrogens with zero attached hydrogens (tertiary/aromatic N) is 6. The summed E-state index contributed by atoms with van der Waals surface area (Å²) in [5.74, 6) is -1.38. The zero-order valence-electron chi connectivity index (χ0n) is 30.4. The zero-order valence-corrected chi connectivity index (χ0v) is 31.9. The molecule has 4 heterocycles. The number of aromatic nitrogens is 6. The Morgan fingerprint density at radius 1 is 1.05 bits per heavy atom. The van der Waals surface area contributed by atoms with Crippen LogP contribution < -0.4 is 10.0 Å². The molecular formula is C37H33ClF6N8O3S. The minimum atomic E-state index is -3.84. The van der Waals surface area contributed by atoms with Gasteiger partial charge in [0.15, 0.2) is 5.65 Å². The Kier molecular flexibility index (Phi) is 9.43. The molecule has 11 nitrogen and oxygen atoms in total. The summed E-state index contributed by atoms with van der Waals surface area (Å²) in [6, 6.07) is 7.57. The van der Waals surface area contributed by atoms with Gasteiger partial charge in [-0.15, -0.1) is 10.2 Å². The van der Waals surface area contributed by atoms with Crippen molar-refractivity contribution in [3.63, 3.8) is 0 Å². The average molecular weight is 819 g/mol. The van der Waals surface area contributed by atoms with Gasteiger partial charge in [-0.3, -0.25) is 14.2 Å².